The molecule has 3 aromatic rings. The number of Topliss-reactive ketones (excluding diaryl/α,β-unsaturated/α-hetero) is 1. The van der Waals surface area contributed by atoms with Gasteiger partial charge in [0.05, 0.1) is 21.7 Å². The van der Waals surface area contributed by atoms with Crippen LogP contribution in [0.25, 0.3) is 5.76 Å². The Bertz CT molecular complexity index is 1150. The molecule has 0 saturated carbocycles. The molecule has 4 rings (SSSR count). The zero-order valence-corrected chi connectivity index (χ0v) is 17.0. The van der Waals surface area contributed by atoms with Gasteiger partial charge in [0.2, 0.25) is 0 Å². The Balaban J connectivity index is 1.86. The van der Waals surface area contributed by atoms with Crippen molar-refractivity contribution >= 4 is 40.7 Å². The molecule has 1 N–H and O–H groups in total. The molecular formula is C22H15Cl2N3O3. The van der Waals surface area contributed by atoms with E-state index in [2.05, 4.69) is 9.97 Å². The van der Waals surface area contributed by atoms with Crippen LogP contribution >= 0.6 is 23.2 Å². The number of aliphatic hydroxyl groups excluding tert-OH is 1. The van der Waals surface area contributed by atoms with Crippen LogP contribution in [-0.4, -0.2) is 31.7 Å². The molecular weight excluding hydrogens is 425 g/mol. The number of pyridine rings is 2. The summed E-state index contributed by atoms with van der Waals surface area (Å²) >= 11 is 12.0. The molecule has 0 spiro atoms. The van der Waals surface area contributed by atoms with Gasteiger partial charge in [-0.25, -0.2) is 0 Å². The van der Waals surface area contributed by atoms with Crippen molar-refractivity contribution in [1.82, 2.24) is 14.9 Å². The SMILES string of the molecule is O=C1C(=O)N(Cc2ccncc2)C(c2ccncc2)/C1=C(/O)c1ccc(Cl)c(Cl)c1. The van der Waals surface area contributed by atoms with Gasteiger partial charge in [0.1, 0.15) is 5.76 Å². The predicted octanol–water partition coefficient (Wildman–Crippen LogP) is 4.41. The molecule has 1 saturated heterocycles. The molecule has 150 valence electrons. The fraction of sp³-hybridized carbons (Fsp3) is 0.0909. The minimum absolute atomic E-state index is 0.0151. The maximum atomic E-state index is 13.0. The van der Waals surface area contributed by atoms with Gasteiger partial charge >= 0.3 is 0 Å². The number of ketones is 1. The molecule has 1 aromatic carbocycles. The second-order valence-electron chi connectivity index (χ2n) is 6.69. The average Bonchev–Trinajstić information content (AvgIpc) is 3.01. The second kappa shape index (κ2) is 8.26. The van der Waals surface area contributed by atoms with Crippen LogP contribution in [0, 0.1) is 0 Å². The van der Waals surface area contributed by atoms with Gasteiger partial charge in [-0.05, 0) is 53.6 Å². The van der Waals surface area contributed by atoms with Gasteiger partial charge in [-0.15, -0.1) is 0 Å². The third-order valence-electron chi connectivity index (χ3n) is 4.86. The highest BCUT2D eigenvalue weighted by Crippen LogP contribution is 2.40. The molecule has 3 heterocycles. The largest absolute Gasteiger partial charge is 0.507 e. The molecule has 0 radical (unpaired) electrons. The summed E-state index contributed by atoms with van der Waals surface area (Å²) in [5.74, 6) is -1.78. The van der Waals surface area contributed by atoms with E-state index in [1.54, 1.807) is 55.1 Å². The van der Waals surface area contributed by atoms with Crippen LogP contribution in [0.15, 0.2) is 72.8 Å². The minimum atomic E-state index is -0.782. The van der Waals surface area contributed by atoms with Crippen LogP contribution < -0.4 is 0 Å². The van der Waals surface area contributed by atoms with E-state index in [-0.39, 0.29) is 22.9 Å². The van der Waals surface area contributed by atoms with E-state index in [1.807, 2.05) is 0 Å². The Hall–Kier alpha value is -3.22. The van der Waals surface area contributed by atoms with Crippen molar-refractivity contribution < 1.29 is 14.7 Å². The molecule has 8 heteroatoms. The smallest absolute Gasteiger partial charge is 0.295 e. The average molecular weight is 440 g/mol. The normalized spacial score (nSPS) is 18.1. The highest BCUT2D eigenvalue weighted by Gasteiger charge is 2.46. The Kier molecular flexibility index (Phi) is 5.53. The van der Waals surface area contributed by atoms with E-state index in [0.717, 1.165) is 5.56 Å². The predicted molar refractivity (Wildman–Crippen MR) is 113 cm³/mol. The maximum absolute atomic E-state index is 13.0. The highest BCUT2D eigenvalue weighted by molar-refractivity contribution is 6.46. The molecule has 1 atom stereocenters. The van der Waals surface area contributed by atoms with E-state index in [9.17, 15) is 14.7 Å². The van der Waals surface area contributed by atoms with Gasteiger partial charge in [0, 0.05) is 36.9 Å². The number of nitrogens with zero attached hydrogens (tertiary/aromatic N) is 3. The Morgan fingerprint density at radius 2 is 1.57 bits per heavy atom. The van der Waals surface area contributed by atoms with E-state index in [1.165, 1.54) is 17.0 Å². The third kappa shape index (κ3) is 3.67. The summed E-state index contributed by atoms with van der Waals surface area (Å²) < 4.78 is 0. The van der Waals surface area contributed by atoms with Crippen LogP contribution in [-0.2, 0) is 16.1 Å². The lowest BCUT2D eigenvalue weighted by Crippen LogP contribution is -2.29. The molecule has 0 aliphatic carbocycles. The summed E-state index contributed by atoms with van der Waals surface area (Å²) in [6.45, 7) is 0.179. The lowest BCUT2D eigenvalue weighted by molar-refractivity contribution is -0.140. The standard InChI is InChI=1S/C22H15Cl2N3O3/c23-16-2-1-15(11-17(16)24)20(28)18-19(14-5-9-26-10-6-14)27(22(30)21(18)29)12-13-3-7-25-8-4-13/h1-11,19,28H,12H2/b20-18-. The van der Waals surface area contributed by atoms with Crippen LogP contribution in [0.5, 0.6) is 0 Å². The summed E-state index contributed by atoms with van der Waals surface area (Å²) in [5, 5.41) is 11.5. The highest BCUT2D eigenvalue weighted by atomic mass is 35.5. The first-order valence-electron chi connectivity index (χ1n) is 9.00. The number of carbonyl (C=O) groups excluding carboxylic acids is 2. The first-order valence-corrected chi connectivity index (χ1v) is 9.75. The van der Waals surface area contributed by atoms with E-state index in [0.29, 0.717) is 16.1 Å². The van der Waals surface area contributed by atoms with Gasteiger partial charge in [-0.2, -0.15) is 0 Å². The molecule has 1 unspecified atom stereocenters. The summed E-state index contributed by atoms with van der Waals surface area (Å²) in [7, 11) is 0. The van der Waals surface area contributed by atoms with Crippen molar-refractivity contribution in [1.29, 1.82) is 0 Å². The van der Waals surface area contributed by atoms with Gasteiger partial charge in [-0.1, -0.05) is 23.2 Å². The Morgan fingerprint density at radius 1 is 0.933 bits per heavy atom. The molecule has 1 aliphatic heterocycles. The van der Waals surface area contributed by atoms with Gasteiger partial charge in [0.15, 0.2) is 0 Å². The summed E-state index contributed by atoms with van der Waals surface area (Å²) in [6, 6.07) is 10.7. The van der Waals surface area contributed by atoms with Crippen molar-refractivity contribution in [2.24, 2.45) is 0 Å². The number of aliphatic hydroxyl groups is 1. The number of amides is 1. The summed E-state index contributed by atoms with van der Waals surface area (Å²) in [5.41, 5.74) is 1.74. The number of rotatable bonds is 4. The number of aromatic nitrogens is 2. The van der Waals surface area contributed by atoms with Gasteiger partial charge in [-0.3, -0.25) is 19.6 Å². The molecule has 30 heavy (non-hydrogen) atoms. The third-order valence-corrected chi connectivity index (χ3v) is 5.60. The van der Waals surface area contributed by atoms with Gasteiger partial charge in [0.25, 0.3) is 11.7 Å². The van der Waals surface area contributed by atoms with Crippen molar-refractivity contribution in [3.05, 3.63) is 99.6 Å². The summed E-state index contributed by atoms with van der Waals surface area (Å²) in [4.78, 5) is 35.3. The Labute approximate surface area is 182 Å². The number of carbonyl (C=O) groups is 2. The van der Waals surface area contributed by atoms with E-state index in [4.69, 9.17) is 23.2 Å². The lowest BCUT2D eigenvalue weighted by atomic mass is 9.96. The van der Waals surface area contributed by atoms with Crippen molar-refractivity contribution in [2.45, 2.75) is 12.6 Å². The van der Waals surface area contributed by atoms with Crippen molar-refractivity contribution in [3.8, 4) is 0 Å². The zero-order valence-electron chi connectivity index (χ0n) is 15.5. The Morgan fingerprint density at radius 3 is 2.20 bits per heavy atom. The lowest BCUT2D eigenvalue weighted by Gasteiger charge is -2.25. The fourth-order valence-corrected chi connectivity index (χ4v) is 3.72. The maximum Gasteiger partial charge on any atom is 0.295 e. The van der Waals surface area contributed by atoms with E-state index >= 15 is 0 Å². The molecule has 1 fully saturated rings. The first kappa shape index (κ1) is 20.1. The monoisotopic (exact) mass is 439 g/mol. The quantitative estimate of drug-likeness (QED) is 0.369. The second-order valence-corrected chi connectivity index (χ2v) is 7.51. The molecule has 0 bridgehead atoms. The number of halogens is 2. The van der Waals surface area contributed by atoms with E-state index < -0.39 is 17.7 Å². The fourth-order valence-electron chi connectivity index (χ4n) is 3.42. The van der Waals surface area contributed by atoms with Crippen LogP contribution in [0.1, 0.15) is 22.7 Å². The molecule has 6 nitrogen and oxygen atoms in total. The molecule has 1 aliphatic rings. The van der Waals surface area contributed by atoms with Crippen molar-refractivity contribution in [3.63, 3.8) is 0 Å². The van der Waals surface area contributed by atoms with Crippen LogP contribution in [0.3, 0.4) is 0 Å². The minimum Gasteiger partial charge on any atom is -0.507 e. The van der Waals surface area contributed by atoms with Crippen LogP contribution in [0.4, 0.5) is 0 Å². The zero-order chi connectivity index (χ0) is 21.3. The first-order chi connectivity index (χ1) is 14.5. The molecule has 1 amide bonds. The van der Waals surface area contributed by atoms with Crippen molar-refractivity contribution in [2.75, 3.05) is 0 Å². The van der Waals surface area contributed by atoms with Gasteiger partial charge < -0.3 is 10.0 Å². The molecule has 2 aromatic heterocycles. The summed E-state index contributed by atoms with van der Waals surface area (Å²) in [6.07, 6.45) is 6.37. The topological polar surface area (TPSA) is 83.4 Å². The number of benzene rings is 1. The van der Waals surface area contributed by atoms with Crippen LogP contribution in [0.2, 0.25) is 10.0 Å². The number of hydrogen-bond donors (Lipinski definition) is 1. The number of likely N-dealkylation sites (tertiary alicyclic amines) is 1. The number of hydrogen-bond acceptors (Lipinski definition) is 5.